The van der Waals surface area contributed by atoms with E-state index in [9.17, 15) is 0 Å². The molecule has 68 valence electrons. The summed E-state index contributed by atoms with van der Waals surface area (Å²) >= 11 is 5.39. The Balaban J connectivity index is 2.56. The summed E-state index contributed by atoms with van der Waals surface area (Å²) in [5, 5.41) is 4.08. The van der Waals surface area contributed by atoms with E-state index in [1.165, 1.54) is 5.54 Å². The third kappa shape index (κ3) is 3.76. The summed E-state index contributed by atoms with van der Waals surface area (Å²) < 4.78 is 0. The Labute approximate surface area is 82.9 Å². The van der Waals surface area contributed by atoms with E-state index in [2.05, 4.69) is 10.5 Å². The van der Waals surface area contributed by atoms with Gasteiger partial charge in [-0.05, 0) is 25.1 Å². The molecule has 1 N–H and O–H groups in total. The lowest BCUT2D eigenvalue weighted by Gasteiger charge is -1.98. The fourth-order valence-corrected chi connectivity index (χ4v) is 0.976. The highest BCUT2D eigenvalue weighted by atomic mass is 35.5. The van der Waals surface area contributed by atoms with Crippen LogP contribution >= 0.6 is 11.6 Å². The van der Waals surface area contributed by atoms with E-state index in [-0.39, 0.29) is 0 Å². The fraction of sp³-hybridized carbons (Fsp3) is 0.100. The summed E-state index contributed by atoms with van der Waals surface area (Å²) in [5.74, 6) is 0. The minimum absolute atomic E-state index is 0.832. The largest absolute Gasteiger partial charge is 0.278 e. The van der Waals surface area contributed by atoms with Crippen molar-refractivity contribution in [3.05, 3.63) is 41.9 Å². The number of rotatable bonds is 3. The number of allylic oxidation sites excluding steroid dienone is 1. The molecule has 0 spiro atoms. The average Bonchev–Trinajstić information content (AvgIpc) is 2.17. The first kappa shape index (κ1) is 9.81. The molecule has 0 aliphatic carbocycles. The maximum absolute atomic E-state index is 5.39. The predicted octanol–water partition coefficient (Wildman–Crippen LogP) is 3.23. The number of hydrogen-bond donors (Lipinski definition) is 1. The lowest BCUT2D eigenvalue weighted by molar-refractivity contribution is 1.33. The molecule has 1 aromatic carbocycles. The van der Waals surface area contributed by atoms with Crippen LogP contribution in [0.5, 0.6) is 0 Å². The highest BCUT2D eigenvalue weighted by Crippen LogP contribution is 2.04. The van der Waals surface area contributed by atoms with Crippen molar-refractivity contribution in [1.82, 2.24) is 0 Å². The topological polar surface area (TPSA) is 24.4 Å². The normalized spacial score (nSPS) is 12.0. The molecule has 0 radical (unpaired) electrons. The lowest BCUT2D eigenvalue weighted by atomic mass is 10.3. The van der Waals surface area contributed by atoms with E-state index in [0.717, 1.165) is 11.4 Å². The van der Waals surface area contributed by atoms with E-state index >= 15 is 0 Å². The van der Waals surface area contributed by atoms with Crippen LogP contribution in [0.2, 0.25) is 0 Å². The van der Waals surface area contributed by atoms with Gasteiger partial charge in [-0.3, -0.25) is 5.43 Å². The second-order valence-electron chi connectivity index (χ2n) is 2.52. The van der Waals surface area contributed by atoms with Gasteiger partial charge in [0.05, 0.1) is 11.4 Å². The van der Waals surface area contributed by atoms with Gasteiger partial charge in [-0.1, -0.05) is 29.8 Å². The molecule has 0 atom stereocenters. The molecule has 2 nitrogen and oxygen atoms in total. The number of nitrogens with one attached hydrogen (secondary N) is 1. The summed E-state index contributed by atoms with van der Waals surface area (Å²) in [6.07, 6.45) is 1.72. The van der Waals surface area contributed by atoms with Crippen molar-refractivity contribution in [3.8, 4) is 0 Å². The minimum Gasteiger partial charge on any atom is -0.278 e. The summed E-state index contributed by atoms with van der Waals surface area (Å²) in [7, 11) is 0. The van der Waals surface area contributed by atoms with Crippen LogP contribution in [0.4, 0.5) is 5.69 Å². The highest BCUT2D eigenvalue weighted by Gasteiger charge is 1.85. The standard InChI is InChI=1S/C10H11ClN2/c1-9(7-8-11)12-13-10-5-3-2-4-6-10/h2-8,13H,1H3. The molecule has 3 heteroatoms. The Hall–Kier alpha value is -1.28. The molecule has 1 rings (SSSR count). The van der Waals surface area contributed by atoms with Crippen molar-refractivity contribution in [1.29, 1.82) is 0 Å². The van der Waals surface area contributed by atoms with Crippen molar-refractivity contribution in [2.75, 3.05) is 5.43 Å². The molecular weight excluding hydrogens is 184 g/mol. The average molecular weight is 195 g/mol. The van der Waals surface area contributed by atoms with Crippen molar-refractivity contribution >= 4 is 23.0 Å². The molecule has 13 heavy (non-hydrogen) atoms. The van der Waals surface area contributed by atoms with Gasteiger partial charge in [-0.2, -0.15) is 5.10 Å². The van der Waals surface area contributed by atoms with Gasteiger partial charge in [-0.15, -0.1) is 0 Å². The number of halogens is 1. The number of nitrogens with zero attached hydrogens (tertiary/aromatic N) is 1. The lowest BCUT2D eigenvalue weighted by Crippen LogP contribution is -1.93. The second kappa shape index (κ2) is 5.38. The van der Waals surface area contributed by atoms with Gasteiger partial charge in [0.25, 0.3) is 0 Å². The summed E-state index contributed by atoms with van der Waals surface area (Å²) in [4.78, 5) is 0. The van der Waals surface area contributed by atoms with E-state index in [1.54, 1.807) is 6.08 Å². The molecule has 0 amide bonds. The van der Waals surface area contributed by atoms with Crippen molar-refractivity contribution in [2.45, 2.75) is 6.92 Å². The molecule has 0 aliphatic rings. The van der Waals surface area contributed by atoms with Crippen LogP contribution in [0, 0.1) is 0 Å². The Morgan fingerprint density at radius 2 is 2.08 bits per heavy atom. The van der Waals surface area contributed by atoms with Crippen LogP contribution in [0.3, 0.4) is 0 Å². The van der Waals surface area contributed by atoms with Gasteiger partial charge in [0, 0.05) is 5.54 Å². The van der Waals surface area contributed by atoms with Crippen molar-refractivity contribution < 1.29 is 0 Å². The number of benzene rings is 1. The summed E-state index contributed by atoms with van der Waals surface area (Å²) in [5.41, 5.74) is 6.14. The molecule has 0 saturated heterocycles. The third-order valence-electron chi connectivity index (χ3n) is 1.44. The predicted molar refractivity (Wildman–Crippen MR) is 58.2 cm³/mol. The summed E-state index contributed by atoms with van der Waals surface area (Å²) in [6, 6.07) is 9.75. The molecule has 0 aliphatic heterocycles. The van der Waals surface area contributed by atoms with Gasteiger partial charge >= 0.3 is 0 Å². The first-order chi connectivity index (χ1) is 6.33. The minimum atomic E-state index is 0.832. The van der Waals surface area contributed by atoms with Gasteiger partial charge < -0.3 is 0 Å². The molecule has 0 aromatic heterocycles. The zero-order chi connectivity index (χ0) is 9.52. The van der Waals surface area contributed by atoms with E-state index < -0.39 is 0 Å². The smallest absolute Gasteiger partial charge is 0.0585 e. The zero-order valence-corrected chi connectivity index (χ0v) is 8.12. The van der Waals surface area contributed by atoms with E-state index in [4.69, 9.17) is 11.6 Å². The maximum atomic E-state index is 5.39. The van der Waals surface area contributed by atoms with Crippen molar-refractivity contribution in [3.63, 3.8) is 0 Å². The molecular formula is C10H11ClN2. The second-order valence-corrected chi connectivity index (χ2v) is 2.78. The summed E-state index contributed by atoms with van der Waals surface area (Å²) in [6.45, 7) is 1.87. The molecule has 1 aromatic rings. The number of anilines is 1. The van der Waals surface area contributed by atoms with Gasteiger partial charge in [0.15, 0.2) is 0 Å². The Morgan fingerprint density at radius 1 is 1.38 bits per heavy atom. The van der Waals surface area contributed by atoms with Crippen LogP contribution in [-0.4, -0.2) is 5.71 Å². The molecule has 0 bridgehead atoms. The first-order valence-corrected chi connectivity index (χ1v) is 4.38. The van der Waals surface area contributed by atoms with Crippen LogP contribution in [0.1, 0.15) is 6.92 Å². The monoisotopic (exact) mass is 194 g/mol. The molecule has 0 saturated carbocycles. The zero-order valence-electron chi connectivity index (χ0n) is 7.37. The number of para-hydroxylation sites is 1. The van der Waals surface area contributed by atoms with Crippen molar-refractivity contribution in [2.24, 2.45) is 5.10 Å². The van der Waals surface area contributed by atoms with E-state index in [0.29, 0.717) is 0 Å². The quantitative estimate of drug-likeness (QED) is 0.580. The van der Waals surface area contributed by atoms with Gasteiger partial charge in [-0.25, -0.2) is 0 Å². The van der Waals surface area contributed by atoms with Crippen LogP contribution in [0.15, 0.2) is 47.0 Å². The Kier molecular flexibility index (Phi) is 4.06. The van der Waals surface area contributed by atoms with Crippen LogP contribution < -0.4 is 5.43 Å². The first-order valence-electron chi connectivity index (χ1n) is 3.95. The van der Waals surface area contributed by atoms with Crippen LogP contribution in [0.25, 0.3) is 0 Å². The molecule has 0 unspecified atom stereocenters. The third-order valence-corrected chi connectivity index (χ3v) is 1.57. The highest BCUT2D eigenvalue weighted by molar-refractivity contribution is 6.27. The van der Waals surface area contributed by atoms with Gasteiger partial charge in [0.1, 0.15) is 0 Å². The van der Waals surface area contributed by atoms with Crippen LogP contribution in [-0.2, 0) is 0 Å². The molecule has 0 heterocycles. The molecule has 0 fully saturated rings. The number of hydrazone groups is 1. The fourth-order valence-electron chi connectivity index (χ4n) is 0.794. The Morgan fingerprint density at radius 3 is 2.69 bits per heavy atom. The van der Waals surface area contributed by atoms with E-state index in [1.807, 2.05) is 37.3 Å². The maximum Gasteiger partial charge on any atom is 0.0585 e. The SMILES string of the molecule is CC(C=CCl)=NNc1ccccc1. The Bertz CT molecular complexity index is 304. The number of hydrogen-bond acceptors (Lipinski definition) is 2. The van der Waals surface area contributed by atoms with Gasteiger partial charge in [0.2, 0.25) is 0 Å².